The van der Waals surface area contributed by atoms with Crippen molar-refractivity contribution in [3.63, 3.8) is 0 Å². The Morgan fingerprint density at radius 3 is 3.00 bits per heavy atom. The smallest absolute Gasteiger partial charge is 0.122 e. The minimum Gasteiger partial charge on any atom is -0.493 e. The van der Waals surface area contributed by atoms with Gasteiger partial charge in [-0.2, -0.15) is 0 Å². The van der Waals surface area contributed by atoms with E-state index in [9.17, 15) is 0 Å². The van der Waals surface area contributed by atoms with Crippen molar-refractivity contribution in [3.8, 4) is 16.9 Å². The van der Waals surface area contributed by atoms with Gasteiger partial charge in [0.15, 0.2) is 0 Å². The standard InChI is InChI=1S/C17H17NO/c18-16-6-5-14-13(2-1-3-15(14)16)11-4-7-17-12(10-11)8-9-19-17/h1-4,7,10,16H,5-6,8-9,18H2. The molecular weight excluding hydrogens is 234 g/mol. The maximum absolute atomic E-state index is 6.16. The van der Waals surface area contributed by atoms with Crippen LogP contribution in [0.4, 0.5) is 0 Å². The molecule has 0 aromatic heterocycles. The van der Waals surface area contributed by atoms with E-state index in [4.69, 9.17) is 10.5 Å². The van der Waals surface area contributed by atoms with E-state index < -0.39 is 0 Å². The highest BCUT2D eigenvalue weighted by Gasteiger charge is 2.22. The molecule has 2 aromatic carbocycles. The molecule has 19 heavy (non-hydrogen) atoms. The lowest BCUT2D eigenvalue weighted by Gasteiger charge is -2.11. The van der Waals surface area contributed by atoms with Gasteiger partial charge in [-0.3, -0.25) is 0 Å². The molecule has 1 unspecified atom stereocenters. The Bertz CT molecular complexity index is 648. The van der Waals surface area contributed by atoms with Crippen LogP contribution in [0.5, 0.6) is 5.75 Å². The number of nitrogens with two attached hydrogens (primary N) is 1. The molecule has 1 heterocycles. The molecule has 4 rings (SSSR count). The Morgan fingerprint density at radius 1 is 1.11 bits per heavy atom. The van der Waals surface area contributed by atoms with Gasteiger partial charge in [-0.15, -0.1) is 0 Å². The van der Waals surface area contributed by atoms with Crippen LogP contribution < -0.4 is 10.5 Å². The maximum Gasteiger partial charge on any atom is 0.122 e. The molecule has 1 aliphatic heterocycles. The molecule has 0 fully saturated rings. The van der Waals surface area contributed by atoms with Crippen molar-refractivity contribution in [3.05, 3.63) is 53.1 Å². The van der Waals surface area contributed by atoms with Crippen molar-refractivity contribution in [2.75, 3.05) is 6.61 Å². The third kappa shape index (κ3) is 1.67. The Labute approximate surface area is 113 Å². The lowest BCUT2D eigenvalue weighted by molar-refractivity contribution is 0.357. The second-order valence-corrected chi connectivity index (χ2v) is 5.44. The molecule has 2 N–H and O–H groups in total. The van der Waals surface area contributed by atoms with Gasteiger partial charge in [-0.25, -0.2) is 0 Å². The summed E-state index contributed by atoms with van der Waals surface area (Å²) in [6.45, 7) is 0.816. The third-order valence-corrected chi connectivity index (χ3v) is 4.32. The highest BCUT2D eigenvalue weighted by Crippen LogP contribution is 2.38. The number of ether oxygens (including phenoxy) is 1. The highest BCUT2D eigenvalue weighted by molar-refractivity contribution is 5.71. The van der Waals surface area contributed by atoms with Crippen LogP contribution in [-0.4, -0.2) is 6.61 Å². The Morgan fingerprint density at radius 2 is 2.05 bits per heavy atom. The number of hydrogen-bond donors (Lipinski definition) is 1. The first kappa shape index (κ1) is 11.1. The molecule has 2 aromatic rings. The Hall–Kier alpha value is -1.80. The highest BCUT2D eigenvalue weighted by atomic mass is 16.5. The number of benzene rings is 2. The summed E-state index contributed by atoms with van der Waals surface area (Å²) in [4.78, 5) is 0. The molecule has 1 aliphatic carbocycles. The number of fused-ring (bicyclic) bond motifs is 2. The SMILES string of the molecule is NC1CCc2c(-c3ccc4c(c3)CCO4)cccc21. The quantitative estimate of drug-likeness (QED) is 0.844. The van der Waals surface area contributed by atoms with E-state index >= 15 is 0 Å². The van der Waals surface area contributed by atoms with E-state index in [2.05, 4.69) is 36.4 Å². The lowest BCUT2D eigenvalue weighted by Crippen LogP contribution is -2.04. The lowest BCUT2D eigenvalue weighted by atomic mass is 9.95. The van der Waals surface area contributed by atoms with Gasteiger partial charge in [-0.1, -0.05) is 24.3 Å². The van der Waals surface area contributed by atoms with Crippen molar-refractivity contribution in [1.82, 2.24) is 0 Å². The first-order chi connectivity index (χ1) is 9.33. The molecule has 2 heteroatoms. The van der Waals surface area contributed by atoms with Crippen molar-refractivity contribution >= 4 is 0 Å². The van der Waals surface area contributed by atoms with Crippen molar-refractivity contribution in [1.29, 1.82) is 0 Å². The molecule has 0 spiro atoms. The molecule has 2 aliphatic rings. The predicted octanol–water partition coefficient (Wildman–Crippen LogP) is 3.23. The van der Waals surface area contributed by atoms with Crippen molar-refractivity contribution in [2.45, 2.75) is 25.3 Å². The first-order valence-electron chi connectivity index (χ1n) is 6.96. The van der Waals surface area contributed by atoms with Crippen LogP contribution in [0, 0.1) is 0 Å². The summed E-state index contributed by atoms with van der Waals surface area (Å²) in [7, 11) is 0. The maximum atomic E-state index is 6.16. The van der Waals surface area contributed by atoms with Gasteiger partial charge in [0.05, 0.1) is 6.61 Å². The first-order valence-corrected chi connectivity index (χ1v) is 6.96. The topological polar surface area (TPSA) is 35.2 Å². The fourth-order valence-electron chi connectivity index (χ4n) is 3.31. The molecule has 0 saturated carbocycles. The average Bonchev–Trinajstić information content (AvgIpc) is 3.05. The number of rotatable bonds is 1. The molecule has 1 atom stereocenters. The molecule has 2 nitrogen and oxygen atoms in total. The molecule has 0 saturated heterocycles. The van der Waals surface area contributed by atoms with Crippen LogP contribution >= 0.6 is 0 Å². The number of hydrogen-bond acceptors (Lipinski definition) is 2. The van der Waals surface area contributed by atoms with E-state index in [0.717, 1.165) is 31.6 Å². The van der Waals surface area contributed by atoms with Crippen LogP contribution in [0.3, 0.4) is 0 Å². The summed E-state index contributed by atoms with van der Waals surface area (Å²) >= 11 is 0. The fraction of sp³-hybridized carbons (Fsp3) is 0.294. The van der Waals surface area contributed by atoms with E-state index in [1.807, 2.05) is 0 Å². The van der Waals surface area contributed by atoms with Gasteiger partial charge < -0.3 is 10.5 Å². The zero-order chi connectivity index (χ0) is 12.8. The third-order valence-electron chi connectivity index (χ3n) is 4.32. The summed E-state index contributed by atoms with van der Waals surface area (Å²) in [6, 6.07) is 13.3. The summed E-state index contributed by atoms with van der Waals surface area (Å²) in [5.74, 6) is 1.05. The summed E-state index contributed by atoms with van der Waals surface area (Å²) < 4.78 is 5.58. The predicted molar refractivity (Wildman–Crippen MR) is 76.3 cm³/mol. The normalized spacial score (nSPS) is 19.9. The molecule has 0 bridgehead atoms. The summed E-state index contributed by atoms with van der Waals surface area (Å²) in [6.07, 6.45) is 3.19. The Balaban J connectivity index is 1.85. The van der Waals surface area contributed by atoms with E-state index in [0.29, 0.717) is 0 Å². The second kappa shape index (κ2) is 4.10. The van der Waals surface area contributed by atoms with Crippen LogP contribution in [0.25, 0.3) is 11.1 Å². The van der Waals surface area contributed by atoms with Crippen LogP contribution in [0.15, 0.2) is 36.4 Å². The molecule has 0 radical (unpaired) electrons. The molecule has 96 valence electrons. The second-order valence-electron chi connectivity index (χ2n) is 5.44. The Kier molecular flexibility index (Phi) is 2.39. The van der Waals surface area contributed by atoms with E-state index in [-0.39, 0.29) is 6.04 Å². The largest absolute Gasteiger partial charge is 0.493 e. The van der Waals surface area contributed by atoms with Crippen LogP contribution in [0.2, 0.25) is 0 Å². The van der Waals surface area contributed by atoms with Gasteiger partial charge in [0.1, 0.15) is 5.75 Å². The molecule has 0 amide bonds. The zero-order valence-electron chi connectivity index (χ0n) is 10.9. The van der Waals surface area contributed by atoms with Gasteiger partial charge in [0, 0.05) is 12.5 Å². The van der Waals surface area contributed by atoms with Crippen molar-refractivity contribution in [2.24, 2.45) is 5.73 Å². The van der Waals surface area contributed by atoms with E-state index in [1.165, 1.54) is 27.8 Å². The van der Waals surface area contributed by atoms with Gasteiger partial charge >= 0.3 is 0 Å². The molecular formula is C17H17NO. The van der Waals surface area contributed by atoms with Crippen molar-refractivity contribution < 1.29 is 4.74 Å². The summed E-state index contributed by atoms with van der Waals surface area (Å²) in [5.41, 5.74) is 12.9. The fourth-order valence-corrected chi connectivity index (χ4v) is 3.31. The van der Waals surface area contributed by atoms with Crippen LogP contribution in [-0.2, 0) is 12.8 Å². The zero-order valence-corrected chi connectivity index (χ0v) is 10.9. The van der Waals surface area contributed by atoms with Gasteiger partial charge in [0.25, 0.3) is 0 Å². The van der Waals surface area contributed by atoms with Gasteiger partial charge in [-0.05, 0) is 52.8 Å². The monoisotopic (exact) mass is 251 g/mol. The minimum absolute atomic E-state index is 0.215. The van der Waals surface area contributed by atoms with E-state index in [1.54, 1.807) is 0 Å². The van der Waals surface area contributed by atoms with Gasteiger partial charge in [0.2, 0.25) is 0 Å². The minimum atomic E-state index is 0.215. The summed E-state index contributed by atoms with van der Waals surface area (Å²) in [5, 5.41) is 0. The van der Waals surface area contributed by atoms with Crippen LogP contribution in [0.1, 0.15) is 29.2 Å². The average molecular weight is 251 g/mol.